The molecule has 0 aromatic carbocycles. The van der Waals surface area contributed by atoms with Gasteiger partial charge in [0.15, 0.2) is 0 Å². The standard InChI is InChI=1S/C12H24N2O/c1-4-7-14(3)12(15)10-5-6-11(13)9(2)8-10/h9-11H,4-8,13H2,1-3H3. The molecule has 1 saturated carbocycles. The molecular formula is C12H24N2O. The molecule has 1 aliphatic rings. The summed E-state index contributed by atoms with van der Waals surface area (Å²) in [5.41, 5.74) is 5.95. The Morgan fingerprint density at radius 3 is 2.67 bits per heavy atom. The second kappa shape index (κ2) is 5.50. The first kappa shape index (κ1) is 12.5. The van der Waals surface area contributed by atoms with Crippen molar-refractivity contribution in [3.8, 4) is 0 Å². The predicted octanol–water partition coefficient (Wildman–Crippen LogP) is 1.62. The maximum atomic E-state index is 12.0. The Kier molecular flexibility index (Phi) is 4.58. The van der Waals surface area contributed by atoms with Gasteiger partial charge in [-0.1, -0.05) is 13.8 Å². The van der Waals surface area contributed by atoms with Crippen LogP contribution in [0, 0.1) is 11.8 Å². The van der Waals surface area contributed by atoms with E-state index in [0.717, 1.165) is 32.2 Å². The van der Waals surface area contributed by atoms with E-state index in [1.54, 1.807) is 0 Å². The molecule has 1 aliphatic carbocycles. The number of hydrogen-bond donors (Lipinski definition) is 1. The van der Waals surface area contributed by atoms with E-state index in [2.05, 4.69) is 13.8 Å². The number of rotatable bonds is 3. The van der Waals surface area contributed by atoms with Crippen LogP contribution >= 0.6 is 0 Å². The van der Waals surface area contributed by atoms with Crippen LogP contribution in [0.1, 0.15) is 39.5 Å². The average molecular weight is 212 g/mol. The van der Waals surface area contributed by atoms with E-state index in [4.69, 9.17) is 5.73 Å². The third-order valence-electron chi connectivity index (χ3n) is 3.52. The lowest BCUT2D eigenvalue weighted by Crippen LogP contribution is -2.41. The van der Waals surface area contributed by atoms with Crippen molar-refractivity contribution in [1.29, 1.82) is 0 Å². The molecule has 3 unspecified atom stereocenters. The number of amides is 1. The first-order valence-corrected chi connectivity index (χ1v) is 6.06. The zero-order valence-electron chi connectivity index (χ0n) is 10.2. The summed E-state index contributed by atoms with van der Waals surface area (Å²) in [6.07, 6.45) is 3.97. The third kappa shape index (κ3) is 3.20. The predicted molar refractivity (Wildman–Crippen MR) is 62.4 cm³/mol. The van der Waals surface area contributed by atoms with E-state index in [1.807, 2.05) is 11.9 Å². The number of hydrogen-bond acceptors (Lipinski definition) is 2. The van der Waals surface area contributed by atoms with E-state index in [1.165, 1.54) is 0 Å². The van der Waals surface area contributed by atoms with Crippen LogP contribution in [0.3, 0.4) is 0 Å². The number of nitrogens with zero attached hydrogens (tertiary/aromatic N) is 1. The molecule has 0 heterocycles. The molecule has 0 aromatic rings. The van der Waals surface area contributed by atoms with Gasteiger partial charge in [-0.25, -0.2) is 0 Å². The van der Waals surface area contributed by atoms with Crippen molar-refractivity contribution < 1.29 is 4.79 Å². The molecule has 3 nitrogen and oxygen atoms in total. The van der Waals surface area contributed by atoms with Gasteiger partial charge in [0, 0.05) is 25.6 Å². The Balaban J connectivity index is 2.47. The number of carbonyl (C=O) groups is 1. The lowest BCUT2D eigenvalue weighted by molar-refractivity contribution is -0.135. The molecule has 0 saturated heterocycles. The highest BCUT2D eigenvalue weighted by Crippen LogP contribution is 2.29. The van der Waals surface area contributed by atoms with Crippen LogP contribution in [-0.4, -0.2) is 30.4 Å². The molecule has 1 amide bonds. The first-order valence-electron chi connectivity index (χ1n) is 6.06. The second-order valence-electron chi connectivity index (χ2n) is 4.91. The van der Waals surface area contributed by atoms with E-state index in [9.17, 15) is 4.79 Å². The minimum Gasteiger partial charge on any atom is -0.346 e. The fourth-order valence-electron chi connectivity index (χ4n) is 2.40. The SMILES string of the molecule is CCCN(C)C(=O)C1CCC(N)C(C)C1. The van der Waals surface area contributed by atoms with Crippen molar-refractivity contribution in [1.82, 2.24) is 4.90 Å². The van der Waals surface area contributed by atoms with Gasteiger partial charge in [0.25, 0.3) is 0 Å². The molecule has 1 fully saturated rings. The molecule has 0 aliphatic heterocycles. The first-order chi connectivity index (χ1) is 7.06. The summed E-state index contributed by atoms with van der Waals surface area (Å²) in [6.45, 7) is 5.13. The van der Waals surface area contributed by atoms with Crippen LogP contribution in [0.15, 0.2) is 0 Å². The van der Waals surface area contributed by atoms with Crippen LogP contribution in [-0.2, 0) is 4.79 Å². The van der Waals surface area contributed by atoms with Crippen LogP contribution in [0.4, 0.5) is 0 Å². The quantitative estimate of drug-likeness (QED) is 0.772. The summed E-state index contributed by atoms with van der Waals surface area (Å²) >= 11 is 0. The Morgan fingerprint density at radius 2 is 2.13 bits per heavy atom. The van der Waals surface area contributed by atoms with Gasteiger partial charge in [0.2, 0.25) is 5.91 Å². The van der Waals surface area contributed by atoms with Crippen LogP contribution in [0.25, 0.3) is 0 Å². The highest BCUT2D eigenvalue weighted by Gasteiger charge is 2.30. The zero-order valence-corrected chi connectivity index (χ0v) is 10.2. The summed E-state index contributed by atoms with van der Waals surface area (Å²) < 4.78 is 0. The molecule has 2 N–H and O–H groups in total. The van der Waals surface area contributed by atoms with E-state index >= 15 is 0 Å². The van der Waals surface area contributed by atoms with Crippen molar-refractivity contribution in [2.45, 2.75) is 45.6 Å². The fourth-order valence-corrected chi connectivity index (χ4v) is 2.40. The van der Waals surface area contributed by atoms with Crippen molar-refractivity contribution >= 4 is 5.91 Å². The van der Waals surface area contributed by atoms with Gasteiger partial charge in [-0.05, 0) is 31.6 Å². The Morgan fingerprint density at radius 1 is 1.47 bits per heavy atom. The monoisotopic (exact) mass is 212 g/mol. The molecule has 88 valence electrons. The van der Waals surface area contributed by atoms with Crippen molar-refractivity contribution in [2.24, 2.45) is 17.6 Å². The maximum absolute atomic E-state index is 12.0. The third-order valence-corrected chi connectivity index (χ3v) is 3.52. The molecule has 0 spiro atoms. The van der Waals surface area contributed by atoms with Gasteiger partial charge in [-0.15, -0.1) is 0 Å². The largest absolute Gasteiger partial charge is 0.346 e. The minimum atomic E-state index is 0.219. The number of carbonyl (C=O) groups excluding carboxylic acids is 1. The molecule has 0 aromatic heterocycles. The Bertz CT molecular complexity index is 218. The molecule has 3 atom stereocenters. The minimum absolute atomic E-state index is 0.219. The van der Waals surface area contributed by atoms with Crippen molar-refractivity contribution in [3.63, 3.8) is 0 Å². The smallest absolute Gasteiger partial charge is 0.225 e. The van der Waals surface area contributed by atoms with Gasteiger partial charge < -0.3 is 10.6 Å². The fraction of sp³-hybridized carbons (Fsp3) is 0.917. The molecule has 0 radical (unpaired) electrons. The molecule has 0 bridgehead atoms. The zero-order chi connectivity index (χ0) is 11.4. The van der Waals surface area contributed by atoms with Gasteiger partial charge >= 0.3 is 0 Å². The van der Waals surface area contributed by atoms with Crippen molar-refractivity contribution in [2.75, 3.05) is 13.6 Å². The maximum Gasteiger partial charge on any atom is 0.225 e. The normalized spacial score (nSPS) is 31.3. The van der Waals surface area contributed by atoms with Gasteiger partial charge in [-0.2, -0.15) is 0 Å². The van der Waals surface area contributed by atoms with E-state index in [0.29, 0.717) is 17.9 Å². The van der Waals surface area contributed by atoms with Gasteiger partial charge in [-0.3, -0.25) is 4.79 Å². The summed E-state index contributed by atoms with van der Waals surface area (Å²) in [5.74, 6) is 1.02. The summed E-state index contributed by atoms with van der Waals surface area (Å²) in [7, 11) is 1.91. The summed E-state index contributed by atoms with van der Waals surface area (Å²) in [6, 6.07) is 0.297. The topological polar surface area (TPSA) is 46.3 Å². The van der Waals surface area contributed by atoms with Crippen LogP contribution in [0.5, 0.6) is 0 Å². The molecular weight excluding hydrogens is 188 g/mol. The van der Waals surface area contributed by atoms with Gasteiger partial charge in [0.1, 0.15) is 0 Å². The molecule has 1 rings (SSSR count). The summed E-state index contributed by atoms with van der Waals surface area (Å²) in [5, 5.41) is 0. The lowest BCUT2D eigenvalue weighted by atomic mass is 9.79. The van der Waals surface area contributed by atoms with E-state index in [-0.39, 0.29) is 5.92 Å². The Labute approximate surface area is 93.0 Å². The average Bonchev–Trinajstić information content (AvgIpc) is 2.21. The van der Waals surface area contributed by atoms with Gasteiger partial charge in [0.05, 0.1) is 0 Å². The second-order valence-corrected chi connectivity index (χ2v) is 4.91. The summed E-state index contributed by atoms with van der Waals surface area (Å²) in [4.78, 5) is 13.9. The highest BCUT2D eigenvalue weighted by molar-refractivity contribution is 5.78. The number of nitrogens with two attached hydrogens (primary N) is 1. The van der Waals surface area contributed by atoms with Crippen LogP contribution < -0.4 is 5.73 Å². The van der Waals surface area contributed by atoms with Crippen LogP contribution in [0.2, 0.25) is 0 Å². The lowest BCUT2D eigenvalue weighted by Gasteiger charge is -2.33. The van der Waals surface area contributed by atoms with Crippen molar-refractivity contribution in [3.05, 3.63) is 0 Å². The highest BCUT2D eigenvalue weighted by atomic mass is 16.2. The molecule has 15 heavy (non-hydrogen) atoms. The Hall–Kier alpha value is -0.570. The van der Waals surface area contributed by atoms with E-state index < -0.39 is 0 Å². The molecule has 3 heteroatoms.